The van der Waals surface area contributed by atoms with E-state index in [0.717, 1.165) is 5.82 Å². The molecular formula is C25H28N10O9P2S. The summed E-state index contributed by atoms with van der Waals surface area (Å²) in [5.74, 6) is 1.000. The molecule has 2 bridgehead atoms. The molecule has 5 N–H and O–H groups in total. The summed E-state index contributed by atoms with van der Waals surface area (Å²) in [7, 11) is -4.07. The summed E-state index contributed by atoms with van der Waals surface area (Å²) in [6.45, 7) is -0.665. The van der Waals surface area contributed by atoms with Crippen molar-refractivity contribution in [2.45, 2.75) is 37.0 Å². The van der Waals surface area contributed by atoms with Crippen LogP contribution >= 0.6 is 14.3 Å². The second-order valence-electron chi connectivity index (χ2n) is 11.4. The molecule has 1 aliphatic carbocycles. The number of aromatic nitrogens is 9. The standard InChI is InChI=1S/C25H28N10O9P2S/c1-2-45(38)40-6-12-5-14(34-10-30-16-20(26)28-9-29-21(16)34)13(12)7-41-46(39,47)42-8-15-18(36)19(44-45)24(43-15)35-11-31-17-22(35)32-25-27-3-4-33(25)23(17)37/h2-4,9-15,18-19,24,36H,1,5-8H2,(H,27,32)(H,39,47)(H2,26,28,29)/t12-,13-,14-,15-,18-,19-,24-,45+,46?/m1/s1. The number of nitrogens with zero attached hydrogens (tertiary/aromatic N) is 8. The molecule has 5 aromatic rings. The first kappa shape index (κ1) is 30.9. The summed E-state index contributed by atoms with van der Waals surface area (Å²) in [6, 6.07) is -0.209. The van der Waals surface area contributed by atoms with Gasteiger partial charge >= 0.3 is 14.3 Å². The fourth-order valence-electron chi connectivity index (χ4n) is 6.34. The van der Waals surface area contributed by atoms with Gasteiger partial charge in [0.25, 0.3) is 5.56 Å². The summed E-state index contributed by atoms with van der Waals surface area (Å²) in [5.41, 5.74) is 6.78. The molecule has 0 amide bonds. The molecule has 9 atom stereocenters. The van der Waals surface area contributed by atoms with Crippen LogP contribution in [0.5, 0.6) is 0 Å². The minimum Gasteiger partial charge on any atom is -0.387 e. The number of aliphatic hydroxyl groups is 1. The Kier molecular flexibility index (Phi) is 7.45. The number of nitrogens with one attached hydrogen (secondary N) is 1. The number of H-pyrrole nitrogens is 1. The van der Waals surface area contributed by atoms with Crippen molar-refractivity contribution in [3.63, 3.8) is 0 Å². The number of imidazole rings is 3. The Morgan fingerprint density at radius 3 is 2.70 bits per heavy atom. The largest absolute Gasteiger partial charge is 0.387 e. The minimum atomic E-state index is -4.07. The van der Waals surface area contributed by atoms with E-state index in [1.54, 1.807) is 6.33 Å². The van der Waals surface area contributed by atoms with E-state index in [1.165, 1.54) is 34.0 Å². The first-order valence-electron chi connectivity index (χ1n) is 14.4. The first-order valence-corrected chi connectivity index (χ1v) is 18.6. The molecule has 7 heterocycles. The van der Waals surface area contributed by atoms with E-state index in [9.17, 15) is 19.4 Å². The normalized spacial score (nSPS) is 35.1. The third-order valence-corrected chi connectivity index (χ3v) is 11.9. The molecule has 248 valence electrons. The quantitative estimate of drug-likeness (QED) is 0.193. The highest BCUT2D eigenvalue weighted by Gasteiger charge is 2.51. The van der Waals surface area contributed by atoms with Crippen LogP contribution in [0.15, 0.2) is 48.6 Å². The van der Waals surface area contributed by atoms with Gasteiger partial charge in [0.05, 0.1) is 32.5 Å². The van der Waals surface area contributed by atoms with Crippen molar-refractivity contribution in [3.8, 4) is 0 Å². The van der Waals surface area contributed by atoms with Gasteiger partial charge < -0.3 is 43.6 Å². The van der Waals surface area contributed by atoms with Gasteiger partial charge in [-0.25, -0.2) is 29.3 Å². The van der Waals surface area contributed by atoms with Crippen LogP contribution in [-0.2, 0) is 39.2 Å². The molecule has 47 heavy (non-hydrogen) atoms. The number of fused-ring (bicyclic) bond motifs is 6. The Balaban J connectivity index is 1.12. The van der Waals surface area contributed by atoms with Gasteiger partial charge in [-0.1, -0.05) is 6.58 Å². The highest BCUT2D eigenvalue weighted by molar-refractivity contribution is 8.07. The molecular weight excluding hydrogens is 678 g/mol. The monoisotopic (exact) mass is 706 g/mol. The number of ether oxygens (including phenoxy) is 1. The number of hydrogen-bond acceptors (Lipinski definition) is 15. The molecule has 2 saturated heterocycles. The number of rotatable bonds is 3. The molecule has 5 aromatic heterocycles. The van der Waals surface area contributed by atoms with E-state index >= 15 is 0 Å². The minimum absolute atomic E-state index is 0.0398. The van der Waals surface area contributed by atoms with Crippen LogP contribution in [0.25, 0.3) is 28.1 Å². The molecule has 3 fully saturated rings. The van der Waals surface area contributed by atoms with Gasteiger partial charge in [0, 0.05) is 30.2 Å². The third kappa shape index (κ3) is 5.16. The Labute approximate surface area is 269 Å². The third-order valence-electron chi connectivity index (χ3n) is 8.85. The number of nitrogen functional groups attached to an aromatic ring is 1. The van der Waals surface area contributed by atoms with E-state index in [4.69, 9.17) is 40.4 Å². The first-order chi connectivity index (χ1) is 22.6. The van der Waals surface area contributed by atoms with Gasteiger partial charge in [-0.3, -0.25) is 18.5 Å². The topological polar surface area (TPSA) is 241 Å². The van der Waals surface area contributed by atoms with E-state index in [-0.39, 0.29) is 53.9 Å². The van der Waals surface area contributed by atoms with Crippen LogP contribution in [0.4, 0.5) is 5.82 Å². The van der Waals surface area contributed by atoms with Crippen molar-refractivity contribution < 1.29 is 37.4 Å². The highest BCUT2D eigenvalue weighted by atomic mass is 32.5. The Morgan fingerprint density at radius 2 is 1.87 bits per heavy atom. The predicted molar refractivity (Wildman–Crippen MR) is 166 cm³/mol. The lowest BCUT2D eigenvalue weighted by Crippen LogP contribution is -2.43. The molecule has 0 radical (unpaired) electrons. The SMILES string of the molecule is C=C[P@]1(=O)OC[C@H]2C[C@@H](n3cnc4c(N)ncnc43)[C@@H]2COP(O)(=S)OC[C@H]2O[C@@H](n3cnc4c(=O)n5ccnc5[nH]c43)[C@H](O1)[C@@H]2O. The van der Waals surface area contributed by atoms with Crippen molar-refractivity contribution >= 4 is 60.0 Å². The number of aliphatic hydroxyl groups excluding tert-OH is 1. The summed E-state index contributed by atoms with van der Waals surface area (Å²) >= 11 is 5.31. The maximum absolute atomic E-state index is 14.0. The second kappa shape index (κ2) is 11.3. The Bertz CT molecular complexity index is 2190. The maximum atomic E-state index is 14.0. The summed E-state index contributed by atoms with van der Waals surface area (Å²) < 4.78 is 48.1. The molecule has 8 rings (SSSR count). The average Bonchev–Trinajstić information content (AvgIpc) is 3.83. The lowest BCUT2D eigenvalue weighted by Gasteiger charge is -2.45. The van der Waals surface area contributed by atoms with Crippen LogP contribution in [-0.4, -0.2) is 91.6 Å². The van der Waals surface area contributed by atoms with E-state index in [2.05, 4.69) is 36.5 Å². The highest BCUT2D eigenvalue weighted by Crippen LogP contribution is 2.57. The van der Waals surface area contributed by atoms with Crippen molar-refractivity contribution in [1.29, 1.82) is 0 Å². The molecule has 22 heteroatoms. The summed E-state index contributed by atoms with van der Waals surface area (Å²) in [4.78, 5) is 48.1. The molecule has 1 saturated carbocycles. The molecule has 0 spiro atoms. The van der Waals surface area contributed by atoms with E-state index in [1.807, 2.05) is 4.57 Å². The fourth-order valence-corrected chi connectivity index (χ4v) is 8.69. The zero-order valence-corrected chi connectivity index (χ0v) is 26.9. The van der Waals surface area contributed by atoms with Gasteiger partial charge in [-0.2, -0.15) is 0 Å². The fraction of sp³-hybridized carbons (Fsp3) is 0.440. The van der Waals surface area contributed by atoms with Gasteiger partial charge in [-0.15, -0.1) is 0 Å². The van der Waals surface area contributed by atoms with Crippen LogP contribution in [0.3, 0.4) is 0 Å². The number of nitrogens with two attached hydrogens (primary N) is 1. The van der Waals surface area contributed by atoms with Crippen molar-refractivity contribution in [2.75, 3.05) is 25.6 Å². The van der Waals surface area contributed by atoms with Crippen LogP contribution < -0.4 is 11.3 Å². The second-order valence-corrected chi connectivity index (χ2v) is 16.2. The molecule has 1 unspecified atom stereocenters. The Hall–Kier alpha value is -3.42. The van der Waals surface area contributed by atoms with Crippen LogP contribution in [0, 0.1) is 11.8 Å². The van der Waals surface area contributed by atoms with Gasteiger partial charge in [0.15, 0.2) is 23.2 Å². The molecule has 3 aliphatic rings. The summed E-state index contributed by atoms with van der Waals surface area (Å²) in [5, 5.41) is 11.4. The zero-order chi connectivity index (χ0) is 32.7. The molecule has 0 aromatic carbocycles. The predicted octanol–water partition coefficient (Wildman–Crippen LogP) is 1.23. The van der Waals surface area contributed by atoms with E-state index in [0.29, 0.717) is 17.6 Å². The van der Waals surface area contributed by atoms with Crippen molar-refractivity contribution in [2.24, 2.45) is 11.8 Å². The van der Waals surface area contributed by atoms with Gasteiger partial charge in [0.1, 0.15) is 35.8 Å². The molecule has 2 aliphatic heterocycles. The Morgan fingerprint density at radius 1 is 1.09 bits per heavy atom. The lowest BCUT2D eigenvalue weighted by molar-refractivity contribution is -0.0476. The van der Waals surface area contributed by atoms with Crippen molar-refractivity contribution in [3.05, 3.63) is 54.1 Å². The lowest BCUT2D eigenvalue weighted by atomic mass is 9.70. The smallest absolute Gasteiger partial charge is 0.354 e. The van der Waals surface area contributed by atoms with Crippen LogP contribution in [0.1, 0.15) is 18.7 Å². The van der Waals surface area contributed by atoms with Gasteiger partial charge in [-0.05, 0) is 24.1 Å². The zero-order valence-electron chi connectivity index (χ0n) is 24.3. The molecule has 19 nitrogen and oxygen atoms in total. The number of anilines is 1. The maximum Gasteiger partial charge on any atom is 0.354 e. The van der Waals surface area contributed by atoms with Crippen molar-refractivity contribution in [1.82, 2.24) is 43.4 Å². The van der Waals surface area contributed by atoms with Gasteiger partial charge in [0.2, 0.25) is 5.78 Å². The average molecular weight is 707 g/mol. The van der Waals surface area contributed by atoms with E-state index < -0.39 is 51.0 Å². The number of aromatic amines is 1. The summed E-state index contributed by atoms with van der Waals surface area (Å²) in [6.07, 6.45) is 2.62. The van der Waals surface area contributed by atoms with Crippen LogP contribution in [0.2, 0.25) is 0 Å². The number of hydrogen-bond donors (Lipinski definition) is 4.